The second kappa shape index (κ2) is 9.71. The molecule has 130 valence electrons. The van der Waals surface area contributed by atoms with Crippen LogP contribution < -0.4 is 0 Å². The second-order valence-corrected chi connectivity index (χ2v) is 7.49. The molecule has 0 spiro atoms. The molecule has 1 aromatic rings. The number of aliphatic hydroxyl groups excluding tert-OH is 1. The van der Waals surface area contributed by atoms with Crippen LogP contribution in [0.1, 0.15) is 76.5 Å². The fourth-order valence-electron chi connectivity index (χ4n) is 2.61. The highest BCUT2D eigenvalue weighted by Crippen LogP contribution is 2.25. The summed E-state index contributed by atoms with van der Waals surface area (Å²) in [5.74, 6) is -0.160. The van der Waals surface area contributed by atoms with E-state index in [4.69, 9.17) is 0 Å². The summed E-state index contributed by atoms with van der Waals surface area (Å²) in [6, 6.07) is 8.10. The molecule has 0 heterocycles. The Morgan fingerprint density at radius 1 is 1.13 bits per heavy atom. The van der Waals surface area contributed by atoms with Gasteiger partial charge in [-0.3, -0.25) is 4.79 Å². The fraction of sp³-hybridized carbons (Fsp3) is 0.650. The van der Waals surface area contributed by atoms with E-state index in [0.29, 0.717) is 11.8 Å². The molecular formula is C20H32O3. The number of methoxy groups -OCH3 is 1. The Morgan fingerprint density at radius 3 is 2.35 bits per heavy atom. The Hall–Kier alpha value is -1.35. The Bertz CT molecular complexity index is 457. The van der Waals surface area contributed by atoms with Gasteiger partial charge in [0.05, 0.1) is 13.2 Å². The van der Waals surface area contributed by atoms with E-state index in [-0.39, 0.29) is 12.1 Å². The van der Waals surface area contributed by atoms with Gasteiger partial charge in [-0.2, -0.15) is 0 Å². The average Bonchev–Trinajstić information content (AvgIpc) is 2.51. The highest BCUT2D eigenvalue weighted by atomic mass is 16.5. The van der Waals surface area contributed by atoms with E-state index in [9.17, 15) is 9.90 Å². The molecule has 0 aliphatic heterocycles. The molecule has 1 aromatic carbocycles. The quantitative estimate of drug-likeness (QED) is 0.524. The highest BCUT2D eigenvalue weighted by Gasteiger charge is 2.11. The van der Waals surface area contributed by atoms with Crippen molar-refractivity contribution in [2.45, 2.75) is 71.8 Å². The molecule has 0 amide bonds. The molecule has 0 radical (unpaired) electrons. The summed E-state index contributed by atoms with van der Waals surface area (Å²) in [5.41, 5.74) is 2.55. The molecule has 0 aromatic heterocycles. The summed E-state index contributed by atoms with van der Waals surface area (Å²) in [7, 11) is 1.42. The number of carbonyl (C=O) groups excluding carboxylic acids is 1. The van der Waals surface area contributed by atoms with E-state index >= 15 is 0 Å². The maximum Gasteiger partial charge on any atom is 0.305 e. The van der Waals surface area contributed by atoms with Gasteiger partial charge in [-0.15, -0.1) is 0 Å². The maximum absolute atomic E-state index is 11.1. The van der Waals surface area contributed by atoms with Gasteiger partial charge < -0.3 is 9.84 Å². The number of hydrogen-bond acceptors (Lipinski definition) is 3. The van der Waals surface area contributed by atoms with E-state index in [2.05, 4.69) is 25.5 Å². The van der Waals surface area contributed by atoms with Gasteiger partial charge >= 0.3 is 5.97 Å². The lowest BCUT2D eigenvalue weighted by Gasteiger charge is -2.18. The first kappa shape index (κ1) is 19.7. The van der Waals surface area contributed by atoms with Crippen molar-refractivity contribution in [2.24, 2.45) is 5.41 Å². The van der Waals surface area contributed by atoms with E-state index < -0.39 is 0 Å². The summed E-state index contributed by atoms with van der Waals surface area (Å²) in [5, 5.41) is 10.3. The van der Waals surface area contributed by atoms with Crippen LogP contribution in [-0.4, -0.2) is 18.2 Å². The minimum atomic E-state index is -0.376. The second-order valence-electron chi connectivity index (χ2n) is 7.49. The van der Waals surface area contributed by atoms with Crippen LogP contribution in [0.5, 0.6) is 0 Å². The average molecular weight is 320 g/mol. The SMILES string of the molecule is COC(=O)CCCc1ccc(C(O)CCCCC(C)(C)C)cc1. The van der Waals surface area contributed by atoms with Crippen molar-refractivity contribution in [3.05, 3.63) is 35.4 Å². The van der Waals surface area contributed by atoms with Crippen LogP contribution in [0.2, 0.25) is 0 Å². The number of rotatable bonds is 9. The predicted octanol–water partition coefficient (Wildman–Crippen LogP) is 4.82. The van der Waals surface area contributed by atoms with E-state index in [1.54, 1.807) is 0 Å². The molecule has 0 saturated carbocycles. The van der Waals surface area contributed by atoms with Crippen LogP contribution in [0.25, 0.3) is 0 Å². The van der Waals surface area contributed by atoms with Crippen molar-refractivity contribution in [1.82, 2.24) is 0 Å². The van der Waals surface area contributed by atoms with Gasteiger partial charge in [-0.1, -0.05) is 57.9 Å². The maximum atomic E-state index is 11.1. The molecule has 3 nitrogen and oxygen atoms in total. The van der Waals surface area contributed by atoms with Gasteiger partial charge in [0, 0.05) is 6.42 Å². The van der Waals surface area contributed by atoms with Crippen molar-refractivity contribution >= 4 is 5.97 Å². The minimum Gasteiger partial charge on any atom is -0.469 e. The lowest BCUT2D eigenvalue weighted by molar-refractivity contribution is -0.140. The first-order valence-corrected chi connectivity index (χ1v) is 8.65. The zero-order chi connectivity index (χ0) is 17.3. The Labute approximate surface area is 141 Å². The van der Waals surface area contributed by atoms with Crippen molar-refractivity contribution in [2.75, 3.05) is 7.11 Å². The van der Waals surface area contributed by atoms with Crippen LogP contribution >= 0.6 is 0 Å². The number of benzene rings is 1. The summed E-state index contributed by atoms with van der Waals surface area (Å²) in [4.78, 5) is 11.1. The number of carbonyl (C=O) groups is 1. The third kappa shape index (κ3) is 8.75. The number of ether oxygens (including phenoxy) is 1. The van der Waals surface area contributed by atoms with Gasteiger partial charge in [0.15, 0.2) is 0 Å². The van der Waals surface area contributed by atoms with Crippen LogP contribution in [0.3, 0.4) is 0 Å². The summed E-state index contributed by atoms with van der Waals surface area (Å²) < 4.78 is 4.63. The van der Waals surface area contributed by atoms with Crippen molar-refractivity contribution < 1.29 is 14.6 Å². The Balaban J connectivity index is 2.33. The molecule has 23 heavy (non-hydrogen) atoms. The van der Waals surface area contributed by atoms with Crippen LogP contribution in [0.4, 0.5) is 0 Å². The Kier molecular flexibility index (Phi) is 8.32. The van der Waals surface area contributed by atoms with Crippen molar-refractivity contribution in [1.29, 1.82) is 0 Å². The molecular weight excluding hydrogens is 288 g/mol. The topological polar surface area (TPSA) is 46.5 Å². The molecule has 0 aliphatic rings. The molecule has 0 saturated heterocycles. The molecule has 3 heteroatoms. The molecule has 1 unspecified atom stereocenters. The molecule has 0 bridgehead atoms. The fourth-order valence-corrected chi connectivity index (χ4v) is 2.61. The highest BCUT2D eigenvalue weighted by molar-refractivity contribution is 5.69. The monoisotopic (exact) mass is 320 g/mol. The normalized spacial score (nSPS) is 12.9. The van der Waals surface area contributed by atoms with E-state index in [1.165, 1.54) is 19.1 Å². The summed E-state index contributed by atoms with van der Waals surface area (Å²) >= 11 is 0. The smallest absolute Gasteiger partial charge is 0.305 e. The lowest BCUT2D eigenvalue weighted by atomic mass is 9.89. The van der Waals surface area contributed by atoms with Gasteiger partial charge in [0.1, 0.15) is 0 Å². The first-order chi connectivity index (χ1) is 10.8. The van der Waals surface area contributed by atoms with Crippen LogP contribution in [0.15, 0.2) is 24.3 Å². The van der Waals surface area contributed by atoms with E-state index in [0.717, 1.165) is 37.7 Å². The molecule has 1 N–H and O–H groups in total. The summed E-state index contributed by atoms with van der Waals surface area (Å²) in [6.07, 6.45) is 5.95. The van der Waals surface area contributed by atoms with E-state index in [1.807, 2.05) is 24.3 Å². The van der Waals surface area contributed by atoms with Gasteiger partial charge in [-0.05, 0) is 42.2 Å². The number of hydrogen-bond donors (Lipinski definition) is 1. The standard InChI is InChI=1S/C20H32O3/c1-20(2,3)15-6-5-9-18(21)17-13-11-16(12-14-17)8-7-10-19(22)23-4/h11-14,18,21H,5-10,15H2,1-4H3. The third-order valence-corrected chi connectivity index (χ3v) is 4.09. The number of aliphatic hydroxyl groups is 1. The number of esters is 1. The lowest BCUT2D eigenvalue weighted by Crippen LogP contribution is -2.05. The molecule has 1 atom stereocenters. The Morgan fingerprint density at radius 2 is 1.78 bits per heavy atom. The summed E-state index contributed by atoms with van der Waals surface area (Å²) in [6.45, 7) is 6.76. The van der Waals surface area contributed by atoms with Gasteiger partial charge in [0.25, 0.3) is 0 Å². The van der Waals surface area contributed by atoms with Crippen molar-refractivity contribution in [3.63, 3.8) is 0 Å². The van der Waals surface area contributed by atoms with Crippen molar-refractivity contribution in [3.8, 4) is 0 Å². The molecule has 0 aliphatic carbocycles. The largest absolute Gasteiger partial charge is 0.469 e. The molecule has 0 fully saturated rings. The van der Waals surface area contributed by atoms with Gasteiger partial charge in [-0.25, -0.2) is 0 Å². The third-order valence-electron chi connectivity index (χ3n) is 4.09. The van der Waals surface area contributed by atoms with Crippen LogP contribution in [0, 0.1) is 5.41 Å². The van der Waals surface area contributed by atoms with Gasteiger partial charge in [0.2, 0.25) is 0 Å². The first-order valence-electron chi connectivity index (χ1n) is 8.65. The molecule has 1 rings (SSSR count). The number of aryl methyl sites for hydroxylation is 1. The zero-order valence-electron chi connectivity index (χ0n) is 15.1. The predicted molar refractivity (Wildman–Crippen MR) is 94.3 cm³/mol. The number of unbranched alkanes of at least 4 members (excludes halogenated alkanes) is 1. The zero-order valence-corrected chi connectivity index (χ0v) is 15.1. The minimum absolute atomic E-state index is 0.160. The van der Waals surface area contributed by atoms with Crippen LogP contribution in [-0.2, 0) is 16.0 Å².